The maximum atomic E-state index is 10.3. The number of benzene rings is 1. The van der Waals surface area contributed by atoms with Crippen molar-refractivity contribution in [3.63, 3.8) is 0 Å². The first-order valence-electron chi connectivity index (χ1n) is 9.78. The van der Waals surface area contributed by atoms with Crippen molar-refractivity contribution in [2.24, 2.45) is 5.73 Å². The summed E-state index contributed by atoms with van der Waals surface area (Å²) in [7, 11) is 0. The Balaban J connectivity index is 2.25. The van der Waals surface area contributed by atoms with Gasteiger partial charge in [0.1, 0.15) is 6.23 Å². The molecule has 6 heteroatoms. The van der Waals surface area contributed by atoms with Crippen LogP contribution in [-0.2, 0) is 15.9 Å². The number of aliphatic hydroxyl groups is 1. The van der Waals surface area contributed by atoms with Crippen LogP contribution in [0, 0.1) is 0 Å². The Morgan fingerprint density at radius 3 is 2.46 bits per heavy atom. The Kier molecular flexibility index (Phi) is 13.4. The molecule has 1 aromatic carbocycles. The van der Waals surface area contributed by atoms with Gasteiger partial charge in [-0.15, -0.1) is 0 Å². The first kappa shape index (κ1) is 23.0. The molecule has 0 saturated heterocycles. The Bertz CT molecular complexity index is 434. The predicted molar refractivity (Wildman–Crippen MR) is 106 cm³/mol. The van der Waals surface area contributed by atoms with Gasteiger partial charge in [-0.1, -0.05) is 44.2 Å². The number of hydrogen-bond donors (Lipinski definition) is 4. The molecule has 0 aromatic heterocycles. The molecule has 0 bridgehead atoms. The molecule has 5 N–H and O–H groups in total. The van der Waals surface area contributed by atoms with Gasteiger partial charge in [0.05, 0.1) is 12.7 Å². The van der Waals surface area contributed by atoms with E-state index in [4.69, 9.17) is 15.2 Å². The van der Waals surface area contributed by atoms with Crippen molar-refractivity contribution in [3.8, 4) is 0 Å². The van der Waals surface area contributed by atoms with E-state index < -0.39 is 6.10 Å². The van der Waals surface area contributed by atoms with Gasteiger partial charge in [-0.3, -0.25) is 5.32 Å². The lowest BCUT2D eigenvalue weighted by molar-refractivity contribution is 0.0209. The standard InChI is InChI=1S/C20H37N3O3/c1-3-11-25-13-10-23-20(26-12-4-2)16-22-15-19(24)18(21)14-17-8-6-5-7-9-17/h5-9,18-20,22-24H,3-4,10-16,21H2,1-2H3/t18-,19+,20?/m0/s1. The lowest BCUT2D eigenvalue weighted by Gasteiger charge is -2.23. The molecule has 0 aliphatic rings. The molecule has 1 unspecified atom stereocenters. The summed E-state index contributed by atoms with van der Waals surface area (Å²) >= 11 is 0. The average molecular weight is 368 g/mol. The number of aliphatic hydroxyl groups excluding tert-OH is 1. The minimum atomic E-state index is -0.602. The summed E-state index contributed by atoms with van der Waals surface area (Å²) in [4.78, 5) is 0. The van der Waals surface area contributed by atoms with Gasteiger partial charge in [0.25, 0.3) is 0 Å². The molecule has 0 amide bonds. The van der Waals surface area contributed by atoms with Gasteiger partial charge in [-0.2, -0.15) is 0 Å². The van der Waals surface area contributed by atoms with E-state index in [0.717, 1.165) is 31.6 Å². The highest BCUT2D eigenvalue weighted by Gasteiger charge is 2.16. The topological polar surface area (TPSA) is 88.8 Å². The highest BCUT2D eigenvalue weighted by atomic mass is 16.5. The summed E-state index contributed by atoms with van der Waals surface area (Å²) < 4.78 is 11.3. The van der Waals surface area contributed by atoms with Crippen LogP contribution in [0.15, 0.2) is 30.3 Å². The Labute approximate surface area is 158 Å². The molecule has 3 atom stereocenters. The van der Waals surface area contributed by atoms with Crippen LogP contribution in [0.25, 0.3) is 0 Å². The molecule has 0 radical (unpaired) electrons. The van der Waals surface area contributed by atoms with Gasteiger partial charge in [-0.05, 0) is 24.8 Å². The van der Waals surface area contributed by atoms with Crippen molar-refractivity contribution in [2.75, 3.05) is 39.5 Å². The van der Waals surface area contributed by atoms with Gasteiger partial charge in [0.15, 0.2) is 0 Å². The minimum absolute atomic E-state index is 0.0993. The van der Waals surface area contributed by atoms with Crippen LogP contribution in [0.5, 0.6) is 0 Å². The van der Waals surface area contributed by atoms with Crippen LogP contribution in [0.2, 0.25) is 0 Å². The Morgan fingerprint density at radius 1 is 1.04 bits per heavy atom. The normalized spacial score (nSPS) is 14.9. The summed E-state index contributed by atoms with van der Waals surface area (Å²) in [5.41, 5.74) is 7.26. The van der Waals surface area contributed by atoms with Crippen LogP contribution >= 0.6 is 0 Å². The molecular weight excluding hydrogens is 330 g/mol. The fraction of sp³-hybridized carbons (Fsp3) is 0.700. The lowest BCUT2D eigenvalue weighted by Crippen LogP contribution is -2.47. The molecule has 0 fully saturated rings. The van der Waals surface area contributed by atoms with Gasteiger partial charge in [0.2, 0.25) is 0 Å². The van der Waals surface area contributed by atoms with Crippen molar-refractivity contribution in [1.29, 1.82) is 0 Å². The first-order chi connectivity index (χ1) is 12.7. The van der Waals surface area contributed by atoms with E-state index >= 15 is 0 Å². The quantitative estimate of drug-likeness (QED) is 0.260. The number of hydrogen-bond acceptors (Lipinski definition) is 6. The summed E-state index contributed by atoms with van der Waals surface area (Å²) in [6.07, 6.45) is 1.95. The van der Waals surface area contributed by atoms with E-state index in [2.05, 4.69) is 24.5 Å². The van der Waals surface area contributed by atoms with E-state index in [-0.39, 0.29) is 12.3 Å². The van der Waals surface area contributed by atoms with Crippen molar-refractivity contribution in [1.82, 2.24) is 10.6 Å². The van der Waals surface area contributed by atoms with Crippen molar-refractivity contribution in [2.45, 2.75) is 51.5 Å². The third-order valence-electron chi connectivity index (χ3n) is 3.98. The molecule has 0 saturated carbocycles. The van der Waals surface area contributed by atoms with Crippen LogP contribution < -0.4 is 16.4 Å². The van der Waals surface area contributed by atoms with Crippen molar-refractivity contribution in [3.05, 3.63) is 35.9 Å². The summed E-state index contributed by atoms with van der Waals surface area (Å²) in [5.74, 6) is 0. The highest BCUT2D eigenvalue weighted by Crippen LogP contribution is 2.04. The molecule has 1 aromatic rings. The van der Waals surface area contributed by atoms with Crippen LogP contribution in [-0.4, -0.2) is 62.9 Å². The summed E-state index contributed by atoms with van der Waals surface area (Å²) in [6.45, 7) is 8.13. The Hall–Kier alpha value is -1.02. The first-order valence-corrected chi connectivity index (χ1v) is 9.78. The van der Waals surface area contributed by atoms with E-state index in [0.29, 0.717) is 32.7 Å². The molecule has 1 rings (SSSR count). The molecular formula is C20H37N3O3. The van der Waals surface area contributed by atoms with E-state index in [1.807, 2.05) is 30.3 Å². The highest BCUT2D eigenvalue weighted by molar-refractivity contribution is 5.16. The lowest BCUT2D eigenvalue weighted by atomic mass is 10.0. The zero-order chi connectivity index (χ0) is 19.0. The van der Waals surface area contributed by atoms with E-state index in [1.54, 1.807) is 0 Å². The smallest absolute Gasteiger partial charge is 0.120 e. The molecule has 26 heavy (non-hydrogen) atoms. The van der Waals surface area contributed by atoms with E-state index in [1.165, 1.54) is 0 Å². The van der Waals surface area contributed by atoms with Crippen LogP contribution in [0.4, 0.5) is 0 Å². The number of rotatable bonds is 16. The van der Waals surface area contributed by atoms with Crippen molar-refractivity contribution >= 4 is 0 Å². The van der Waals surface area contributed by atoms with Crippen LogP contribution in [0.1, 0.15) is 32.3 Å². The maximum Gasteiger partial charge on any atom is 0.120 e. The second-order valence-electron chi connectivity index (χ2n) is 6.51. The third kappa shape index (κ3) is 10.9. The zero-order valence-corrected chi connectivity index (χ0v) is 16.3. The fourth-order valence-corrected chi connectivity index (χ4v) is 2.52. The summed E-state index contributed by atoms with van der Waals surface area (Å²) in [5, 5.41) is 16.9. The minimum Gasteiger partial charge on any atom is -0.390 e. The molecule has 6 nitrogen and oxygen atoms in total. The SMILES string of the molecule is CCCOCCNC(CNC[C@@H](O)[C@@H](N)Cc1ccccc1)OCCC. The van der Waals surface area contributed by atoms with Gasteiger partial charge < -0.3 is 25.6 Å². The monoisotopic (exact) mass is 367 g/mol. The molecule has 0 spiro atoms. The van der Waals surface area contributed by atoms with Crippen LogP contribution in [0.3, 0.4) is 0 Å². The molecule has 150 valence electrons. The molecule has 0 aliphatic carbocycles. The van der Waals surface area contributed by atoms with Gasteiger partial charge in [-0.25, -0.2) is 0 Å². The van der Waals surface area contributed by atoms with E-state index in [9.17, 15) is 5.11 Å². The van der Waals surface area contributed by atoms with Crippen molar-refractivity contribution < 1.29 is 14.6 Å². The second kappa shape index (κ2) is 15.1. The largest absolute Gasteiger partial charge is 0.390 e. The number of nitrogens with two attached hydrogens (primary N) is 1. The number of nitrogens with one attached hydrogen (secondary N) is 2. The second-order valence-corrected chi connectivity index (χ2v) is 6.51. The third-order valence-corrected chi connectivity index (χ3v) is 3.98. The Morgan fingerprint density at radius 2 is 1.77 bits per heavy atom. The van der Waals surface area contributed by atoms with Gasteiger partial charge >= 0.3 is 0 Å². The zero-order valence-electron chi connectivity index (χ0n) is 16.3. The fourth-order valence-electron chi connectivity index (χ4n) is 2.52. The maximum absolute atomic E-state index is 10.3. The summed E-state index contributed by atoms with van der Waals surface area (Å²) in [6, 6.07) is 9.70. The number of ether oxygens (including phenoxy) is 2. The average Bonchev–Trinajstić information content (AvgIpc) is 2.66. The predicted octanol–water partition coefficient (Wildman–Crippen LogP) is 1.28. The molecule has 0 aliphatic heterocycles. The molecule has 0 heterocycles. The van der Waals surface area contributed by atoms with Gasteiger partial charge in [0, 0.05) is 38.9 Å².